The Hall–Kier alpha value is -1.92. The van der Waals surface area contributed by atoms with E-state index in [1.54, 1.807) is 4.90 Å². The summed E-state index contributed by atoms with van der Waals surface area (Å²) in [6.07, 6.45) is 0. The topological polar surface area (TPSA) is 45.0 Å². The summed E-state index contributed by atoms with van der Waals surface area (Å²) in [4.78, 5) is 13.7. The maximum atomic E-state index is 12.1. The van der Waals surface area contributed by atoms with Crippen LogP contribution in [0.3, 0.4) is 0 Å². The Morgan fingerprint density at radius 1 is 1.13 bits per heavy atom. The molecule has 2 aromatic carbocycles. The lowest BCUT2D eigenvalue weighted by Gasteiger charge is -2.14. The van der Waals surface area contributed by atoms with Gasteiger partial charge >= 0.3 is 0 Å². The third kappa shape index (κ3) is 3.71. The molecule has 6 heteroatoms. The summed E-state index contributed by atoms with van der Waals surface area (Å²) >= 11 is 4.82. The van der Waals surface area contributed by atoms with Crippen molar-refractivity contribution in [3.63, 3.8) is 0 Å². The molecule has 1 heterocycles. The molecule has 0 unspecified atom stereocenters. The molecule has 0 radical (unpaired) electrons. The quantitative estimate of drug-likeness (QED) is 0.581. The van der Waals surface area contributed by atoms with Crippen LogP contribution >= 0.6 is 27.7 Å². The van der Waals surface area contributed by atoms with Gasteiger partial charge in [-0.2, -0.15) is 5.10 Å². The van der Waals surface area contributed by atoms with E-state index in [9.17, 15) is 4.79 Å². The van der Waals surface area contributed by atoms with Gasteiger partial charge in [0.05, 0.1) is 17.2 Å². The van der Waals surface area contributed by atoms with Crippen molar-refractivity contribution in [2.75, 3.05) is 10.7 Å². The Morgan fingerprint density at radius 3 is 2.52 bits per heavy atom. The van der Waals surface area contributed by atoms with Crippen molar-refractivity contribution in [1.29, 1.82) is 0 Å². The molecule has 1 amide bonds. The summed E-state index contributed by atoms with van der Waals surface area (Å²) in [6, 6.07) is 17.4. The van der Waals surface area contributed by atoms with Gasteiger partial charge in [0.25, 0.3) is 0 Å². The minimum atomic E-state index is 0.0245. The van der Waals surface area contributed by atoms with Crippen LogP contribution in [0.5, 0.6) is 0 Å². The zero-order chi connectivity index (χ0) is 16.2. The number of nitrogens with zero attached hydrogens (tertiary/aromatic N) is 3. The van der Waals surface area contributed by atoms with Crippen LogP contribution in [0, 0.1) is 0 Å². The Bertz CT molecular complexity index is 772. The summed E-state index contributed by atoms with van der Waals surface area (Å²) in [5.41, 5.74) is 2.62. The van der Waals surface area contributed by atoms with Crippen molar-refractivity contribution in [3.05, 3.63) is 64.6 Å². The third-order valence-electron chi connectivity index (χ3n) is 3.33. The van der Waals surface area contributed by atoms with Crippen molar-refractivity contribution in [2.24, 2.45) is 10.2 Å². The fraction of sp³-hybridized carbons (Fsp3) is 0.118. The largest absolute Gasteiger partial charge is 0.273 e. The molecule has 0 aromatic heterocycles. The van der Waals surface area contributed by atoms with Crippen LogP contribution in [-0.2, 0) is 4.79 Å². The average Bonchev–Trinajstić information content (AvgIpc) is 2.95. The number of rotatable bonds is 3. The van der Waals surface area contributed by atoms with Crippen molar-refractivity contribution in [2.45, 2.75) is 6.92 Å². The molecule has 1 fully saturated rings. The van der Waals surface area contributed by atoms with Crippen molar-refractivity contribution >= 4 is 50.2 Å². The van der Waals surface area contributed by atoms with Crippen molar-refractivity contribution in [3.8, 4) is 0 Å². The van der Waals surface area contributed by atoms with Gasteiger partial charge in [-0.3, -0.25) is 9.69 Å². The second-order valence-corrected chi connectivity index (χ2v) is 6.79. The molecule has 3 rings (SSSR count). The molecule has 1 saturated heterocycles. The smallest absolute Gasteiger partial charge is 0.243 e. The van der Waals surface area contributed by atoms with Gasteiger partial charge in [0, 0.05) is 4.47 Å². The lowest BCUT2D eigenvalue weighted by molar-refractivity contribution is -0.115. The van der Waals surface area contributed by atoms with Crippen LogP contribution in [0.2, 0.25) is 0 Å². The van der Waals surface area contributed by atoms with E-state index in [0.717, 1.165) is 21.4 Å². The first-order chi connectivity index (χ1) is 11.1. The molecule has 2 aromatic rings. The highest BCUT2D eigenvalue weighted by Gasteiger charge is 2.29. The second-order valence-electron chi connectivity index (χ2n) is 4.93. The van der Waals surface area contributed by atoms with E-state index < -0.39 is 0 Å². The van der Waals surface area contributed by atoms with Gasteiger partial charge in [-0.05, 0) is 36.8 Å². The number of hydrogen-bond acceptors (Lipinski definition) is 4. The molecule has 1 aliphatic rings. The predicted octanol–water partition coefficient (Wildman–Crippen LogP) is 4.31. The number of halogens is 1. The minimum Gasteiger partial charge on any atom is -0.273 e. The number of para-hydroxylation sites is 1. The molecular formula is C17H14BrN3OS. The van der Waals surface area contributed by atoms with Crippen LogP contribution in [0.4, 0.5) is 5.69 Å². The second kappa shape index (κ2) is 7.10. The molecule has 116 valence electrons. The summed E-state index contributed by atoms with van der Waals surface area (Å²) in [7, 11) is 0. The van der Waals surface area contributed by atoms with Crippen molar-refractivity contribution in [1.82, 2.24) is 0 Å². The first-order valence-electron chi connectivity index (χ1n) is 7.04. The molecule has 23 heavy (non-hydrogen) atoms. The predicted molar refractivity (Wildman–Crippen MR) is 100 cm³/mol. The van der Waals surface area contributed by atoms with Crippen LogP contribution < -0.4 is 4.90 Å². The number of anilines is 1. The van der Waals surface area contributed by atoms with Crippen LogP contribution in [0.1, 0.15) is 12.5 Å². The van der Waals surface area contributed by atoms with Gasteiger partial charge in [0.2, 0.25) is 5.91 Å². The number of amides is 1. The molecule has 1 aliphatic heterocycles. The summed E-state index contributed by atoms with van der Waals surface area (Å²) in [5, 5.41) is 9.19. The molecular weight excluding hydrogens is 374 g/mol. The highest BCUT2D eigenvalue weighted by molar-refractivity contribution is 9.10. The first-order valence-corrected chi connectivity index (χ1v) is 8.82. The van der Waals surface area contributed by atoms with E-state index in [-0.39, 0.29) is 5.91 Å². The van der Waals surface area contributed by atoms with Gasteiger partial charge in [-0.25, -0.2) is 0 Å². The lowest BCUT2D eigenvalue weighted by atomic mass is 10.1. The Balaban J connectivity index is 1.87. The SMILES string of the molecule is CC(=NN=C1SCC(=O)N1c1ccccc1)c1ccc(Br)cc1. The normalized spacial score (nSPS) is 17.1. The van der Waals surface area contributed by atoms with Gasteiger partial charge < -0.3 is 0 Å². The number of thioether (sulfide) groups is 1. The Kier molecular flexibility index (Phi) is 4.93. The maximum Gasteiger partial charge on any atom is 0.243 e. The fourth-order valence-electron chi connectivity index (χ4n) is 2.13. The van der Waals surface area contributed by atoms with Crippen LogP contribution in [0.15, 0.2) is 69.3 Å². The van der Waals surface area contributed by atoms with Gasteiger partial charge in [-0.1, -0.05) is 58.0 Å². The van der Waals surface area contributed by atoms with Crippen molar-refractivity contribution < 1.29 is 4.79 Å². The molecule has 0 atom stereocenters. The van der Waals surface area contributed by atoms with Crippen LogP contribution in [-0.4, -0.2) is 22.5 Å². The molecule has 0 spiro atoms. The van der Waals surface area contributed by atoms with E-state index in [2.05, 4.69) is 26.1 Å². The molecule has 0 bridgehead atoms. The number of hydrogen-bond donors (Lipinski definition) is 0. The van der Waals surface area contributed by atoms with E-state index in [4.69, 9.17) is 0 Å². The molecule has 4 nitrogen and oxygen atoms in total. The minimum absolute atomic E-state index is 0.0245. The maximum absolute atomic E-state index is 12.1. The van der Waals surface area contributed by atoms with Crippen LogP contribution in [0.25, 0.3) is 0 Å². The van der Waals surface area contributed by atoms with E-state index in [1.165, 1.54) is 11.8 Å². The number of carbonyl (C=O) groups excluding carboxylic acids is 1. The Morgan fingerprint density at radius 2 is 1.83 bits per heavy atom. The zero-order valence-corrected chi connectivity index (χ0v) is 14.8. The molecule has 0 N–H and O–H groups in total. The number of benzene rings is 2. The van der Waals surface area contributed by atoms with Gasteiger partial charge in [0.15, 0.2) is 5.17 Å². The van der Waals surface area contributed by atoms with E-state index in [0.29, 0.717) is 10.9 Å². The monoisotopic (exact) mass is 387 g/mol. The highest BCUT2D eigenvalue weighted by atomic mass is 79.9. The molecule has 0 saturated carbocycles. The van der Waals surface area contributed by atoms with Gasteiger partial charge in [-0.15, -0.1) is 5.10 Å². The molecule has 0 aliphatic carbocycles. The van der Waals surface area contributed by atoms with Gasteiger partial charge in [0.1, 0.15) is 0 Å². The fourth-order valence-corrected chi connectivity index (χ4v) is 3.21. The zero-order valence-electron chi connectivity index (χ0n) is 12.4. The standard InChI is InChI=1S/C17H14BrN3OS/c1-12(13-7-9-14(18)10-8-13)19-20-17-21(16(22)11-23-17)15-5-3-2-4-6-15/h2-10H,11H2,1H3. The summed E-state index contributed by atoms with van der Waals surface area (Å²) < 4.78 is 1.02. The lowest BCUT2D eigenvalue weighted by Crippen LogP contribution is -2.28. The third-order valence-corrected chi connectivity index (χ3v) is 4.77. The van der Waals surface area contributed by atoms with E-state index in [1.807, 2.05) is 61.5 Å². The summed E-state index contributed by atoms with van der Waals surface area (Å²) in [5.74, 6) is 0.414. The first kappa shape index (κ1) is 16.0. The van der Waals surface area contributed by atoms with E-state index >= 15 is 0 Å². The highest BCUT2D eigenvalue weighted by Crippen LogP contribution is 2.26. The number of amidine groups is 1. The number of carbonyl (C=O) groups is 1. The summed E-state index contributed by atoms with van der Waals surface area (Å²) in [6.45, 7) is 1.90. The average molecular weight is 388 g/mol. The Labute approximate surface area is 147 Å².